The van der Waals surface area contributed by atoms with Crippen molar-refractivity contribution in [1.82, 2.24) is 10.2 Å². The minimum atomic E-state index is -4.15. The number of sulfonamides is 1. The van der Waals surface area contributed by atoms with Gasteiger partial charge in [-0.2, -0.15) is 0 Å². The molecule has 1 atom stereocenters. The second-order valence-electron chi connectivity index (χ2n) is 9.23. The van der Waals surface area contributed by atoms with E-state index in [0.29, 0.717) is 22.8 Å². The van der Waals surface area contributed by atoms with E-state index in [4.69, 9.17) is 11.6 Å². The van der Waals surface area contributed by atoms with E-state index in [2.05, 4.69) is 21.2 Å². The smallest absolute Gasteiger partial charge is 0.264 e. The number of nitrogens with one attached hydrogen (secondary N) is 1. The third-order valence-corrected chi connectivity index (χ3v) is 8.79. The first kappa shape index (κ1) is 30.7. The molecule has 0 aliphatic rings. The van der Waals surface area contributed by atoms with E-state index in [9.17, 15) is 18.0 Å². The maximum atomic E-state index is 14.0. The molecule has 0 aliphatic heterocycles. The normalized spacial score (nSPS) is 12.0. The number of rotatable bonds is 12. The zero-order valence-electron chi connectivity index (χ0n) is 22.2. The van der Waals surface area contributed by atoms with Gasteiger partial charge in [0.1, 0.15) is 12.6 Å². The number of benzene rings is 3. The average molecular weight is 635 g/mol. The Morgan fingerprint density at radius 3 is 2.41 bits per heavy atom. The van der Waals surface area contributed by atoms with Crippen LogP contribution in [0.3, 0.4) is 0 Å². The standard InChI is InChI=1S/C29H33BrClN3O4S/c1-4-5-16-32-29(36)22(3)33(19-23-10-9-11-24(30)17-23)28(35)20-34(27-18-25(31)15-14-21(27)2)39(37,38)26-12-7-6-8-13-26/h6-15,17-18,22H,4-5,16,19-20H2,1-3H3,(H,32,36)/t22-/m1/s1. The largest absolute Gasteiger partial charge is 0.354 e. The van der Waals surface area contributed by atoms with Crippen LogP contribution in [0.2, 0.25) is 5.02 Å². The lowest BCUT2D eigenvalue weighted by Gasteiger charge is -2.32. The maximum Gasteiger partial charge on any atom is 0.264 e. The maximum absolute atomic E-state index is 14.0. The van der Waals surface area contributed by atoms with Crippen LogP contribution in [0.5, 0.6) is 0 Å². The molecule has 3 rings (SSSR count). The molecule has 0 heterocycles. The van der Waals surface area contributed by atoms with Gasteiger partial charge in [0.25, 0.3) is 10.0 Å². The molecule has 3 aromatic carbocycles. The summed E-state index contributed by atoms with van der Waals surface area (Å²) in [4.78, 5) is 28.4. The van der Waals surface area contributed by atoms with E-state index in [-0.39, 0.29) is 17.3 Å². The van der Waals surface area contributed by atoms with E-state index in [0.717, 1.165) is 27.2 Å². The Labute approximate surface area is 244 Å². The molecule has 7 nitrogen and oxygen atoms in total. The number of amides is 2. The second-order valence-corrected chi connectivity index (χ2v) is 12.4. The highest BCUT2D eigenvalue weighted by Crippen LogP contribution is 2.30. The van der Waals surface area contributed by atoms with Gasteiger partial charge < -0.3 is 10.2 Å². The molecular formula is C29H33BrClN3O4S. The summed E-state index contributed by atoms with van der Waals surface area (Å²) < 4.78 is 29.6. The van der Waals surface area contributed by atoms with Crippen molar-refractivity contribution in [3.63, 3.8) is 0 Å². The van der Waals surface area contributed by atoms with E-state index in [1.165, 1.54) is 23.1 Å². The minimum absolute atomic E-state index is 0.0427. The summed E-state index contributed by atoms with van der Waals surface area (Å²) in [7, 11) is -4.15. The van der Waals surface area contributed by atoms with Crippen molar-refractivity contribution in [1.29, 1.82) is 0 Å². The van der Waals surface area contributed by atoms with Gasteiger partial charge in [0.15, 0.2) is 0 Å². The number of aryl methyl sites for hydroxylation is 1. The highest BCUT2D eigenvalue weighted by molar-refractivity contribution is 9.10. The molecular weight excluding hydrogens is 602 g/mol. The van der Waals surface area contributed by atoms with E-state index in [1.807, 2.05) is 31.2 Å². The number of nitrogens with zero attached hydrogens (tertiary/aromatic N) is 2. The van der Waals surface area contributed by atoms with Gasteiger partial charge in [-0.15, -0.1) is 0 Å². The molecule has 0 saturated heterocycles. The Balaban J connectivity index is 2.03. The Morgan fingerprint density at radius 2 is 1.74 bits per heavy atom. The van der Waals surface area contributed by atoms with Gasteiger partial charge in [-0.3, -0.25) is 13.9 Å². The Morgan fingerprint density at radius 1 is 1.03 bits per heavy atom. The third kappa shape index (κ3) is 8.06. The fourth-order valence-electron chi connectivity index (χ4n) is 4.03. The monoisotopic (exact) mass is 633 g/mol. The minimum Gasteiger partial charge on any atom is -0.354 e. The van der Waals surface area contributed by atoms with Crippen LogP contribution >= 0.6 is 27.5 Å². The summed E-state index contributed by atoms with van der Waals surface area (Å²) in [5, 5.41) is 3.22. The van der Waals surface area contributed by atoms with Crippen LogP contribution < -0.4 is 9.62 Å². The summed E-state index contributed by atoms with van der Waals surface area (Å²) in [6.07, 6.45) is 1.73. The van der Waals surface area contributed by atoms with Crippen LogP contribution in [0.15, 0.2) is 82.2 Å². The van der Waals surface area contributed by atoms with Crippen LogP contribution in [-0.2, 0) is 26.2 Å². The zero-order chi connectivity index (χ0) is 28.6. The quantitative estimate of drug-likeness (QED) is 0.250. The van der Waals surface area contributed by atoms with Gasteiger partial charge in [0.05, 0.1) is 10.6 Å². The van der Waals surface area contributed by atoms with Crippen LogP contribution in [0, 0.1) is 6.92 Å². The fourth-order valence-corrected chi connectivity index (χ4v) is 6.14. The van der Waals surface area contributed by atoms with Crippen LogP contribution in [-0.4, -0.2) is 44.3 Å². The topological polar surface area (TPSA) is 86.8 Å². The number of carbonyl (C=O) groups is 2. The summed E-state index contributed by atoms with van der Waals surface area (Å²) in [5.74, 6) is -0.824. The van der Waals surface area contributed by atoms with E-state index >= 15 is 0 Å². The molecule has 0 aromatic heterocycles. The van der Waals surface area contributed by atoms with Gasteiger partial charge in [0.2, 0.25) is 11.8 Å². The lowest BCUT2D eigenvalue weighted by Crippen LogP contribution is -2.51. The summed E-state index contributed by atoms with van der Waals surface area (Å²) in [6, 6.07) is 19.4. The molecule has 2 amide bonds. The van der Waals surface area contributed by atoms with E-state index in [1.54, 1.807) is 44.2 Å². The second kappa shape index (κ2) is 14.0. The number of anilines is 1. The first-order valence-electron chi connectivity index (χ1n) is 12.7. The van der Waals surface area contributed by atoms with Gasteiger partial charge in [0, 0.05) is 22.6 Å². The highest BCUT2D eigenvalue weighted by Gasteiger charge is 2.33. The molecule has 0 unspecified atom stereocenters. The molecule has 0 saturated carbocycles. The van der Waals surface area contributed by atoms with Crippen molar-refractivity contribution in [2.45, 2.75) is 51.1 Å². The molecule has 0 aliphatic carbocycles. The van der Waals surface area contributed by atoms with Gasteiger partial charge in [-0.25, -0.2) is 8.42 Å². The van der Waals surface area contributed by atoms with Crippen molar-refractivity contribution in [3.05, 3.63) is 93.4 Å². The third-order valence-electron chi connectivity index (χ3n) is 6.29. The molecule has 10 heteroatoms. The Bertz CT molecular complexity index is 1400. The lowest BCUT2D eigenvalue weighted by atomic mass is 10.1. The average Bonchev–Trinajstić information content (AvgIpc) is 2.92. The predicted octanol–water partition coefficient (Wildman–Crippen LogP) is 5.94. The molecule has 208 valence electrons. The summed E-state index contributed by atoms with van der Waals surface area (Å²) >= 11 is 9.71. The SMILES string of the molecule is CCCCNC(=O)[C@@H](C)N(Cc1cccc(Br)c1)C(=O)CN(c1cc(Cl)ccc1C)S(=O)(=O)c1ccccc1. The highest BCUT2D eigenvalue weighted by atomic mass is 79.9. The number of hydrogen-bond acceptors (Lipinski definition) is 4. The first-order valence-corrected chi connectivity index (χ1v) is 15.3. The van der Waals surface area contributed by atoms with Crippen molar-refractivity contribution in [3.8, 4) is 0 Å². The molecule has 0 radical (unpaired) electrons. The first-order chi connectivity index (χ1) is 18.5. The lowest BCUT2D eigenvalue weighted by molar-refractivity contribution is -0.139. The molecule has 39 heavy (non-hydrogen) atoms. The summed E-state index contributed by atoms with van der Waals surface area (Å²) in [6.45, 7) is 5.53. The molecule has 0 fully saturated rings. The van der Waals surface area contributed by atoms with Crippen molar-refractivity contribution in [2.24, 2.45) is 0 Å². The van der Waals surface area contributed by atoms with Crippen LogP contribution in [0.4, 0.5) is 5.69 Å². The van der Waals surface area contributed by atoms with Gasteiger partial charge >= 0.3 is 0 Å². The summed E-state index contributed by atoms with van der Waals surface area (Å²) in [5.41, 5.74) is 1.72. The van der Waals surface area contributed by atoms with Crippen LogP contribution in [0.25, 0.3) is 0 Å². The Kier molecular flexibility index (Phi) is 11.0. The van der Waals surface area contributed by atoms with Gasteiger partial charge in [-0.1, -0.05) is 77.3 Å². The number of halogens is 2. The van der Waals surface area contributed by atoms with Crippen molar-refractivity contribution < 1.29 is 18.0 Å². The van der Waals surface area contributed by atoms with E-state index < -0.39 is 28.5 Å². The number of carbonyl (C=O) groups excluding carboxylic acids is 2. The number of unbranched alkanes of at least 4 members (excludes halogenated alkanes) is 1. The predicted molar refractivity (Wildman–Crippen MR) is 159 cm³/mol. The molecule has 3 aromatic rings. The van der Waals surface area contributed by atoms with Crippen molar-refractivity contribution in [2.75, 3.05) is 17.4 Å². The van der Waals surface area contributed by atoms with Crippen molar-refractivity contribution >= 4 is 55.1 Å². The Hall–Kier alpha value is -2.88. The zero-order valence-corrected chi connectivity index (χ0v) is 25.4. The van der Waals surface area contributed by atoms with Gasteiger partial charge in [-0.05, 0) is 67.8 Å². The molecule has 1 N–H and O–H groups in total. The number of hydrogen-bond donors (Lipinski definition) is 1. The molecule has 0 spiro atoms. The van der Waals surface area contributed by atoms with Crippen LogP contribution in [0.1, 0.15) is 37.8 Å². The molecule has 0 bridgehead atoms. The fraction of sp³-hybridized carbons (Fsp3) is 0.310.